The van der Waals surface area contributed by atoms with E-state index in [1.807, 2.05) is 0 Å². The lowest BCUT2D eigenvalue weighted by molar-refractivity contribution is 1.69. The Morgan fingerprint density at radius 1 is 0.293 bits per heavy atom. The molecule has 6 aromatic rings. The van der Waals surface area contributed by atoms with Gasteiger partial charge in [-0.05, 0) is 61.3 Å². The molecule has 41 heavy (non-hydrogen) atoms. The molecule has 0 radical (unpaired) electrons. The number of hydrogen-bond donors (Lipinski definition) is 0. The van der Waals surface area contributed by atoms with Crippen molar-refractivity contribution in [1.82, 2.24) is 0 Å². The van der Waals surface area contributed by atoms with Crippen molar-refractivity contribution in [2.24, 2.45) is 0 Å². The molecule has 6 aromatic carbocycles. The minimum Gasteiger partial charge on any atom is -0.0622 e. The highest BCUT2D eigenvalue weighted by molar-refractivity contribution is 8.04. The smallest absolute Gasteiger partial charge is 0.0622 e. The number of benzene rings is 6. The molecule has 0 aromatic heterocycles. The van der Waals surface area contributed by atoms with Crippen molar-refractivity contribution >= 4 is 54.9 Å². The maximum atomic E-state index is 2.41. The molecule has 0 spiro atoms. The molecule has 0 aliphatic carbocycles. The predicted molar refractivity (Wildman–Crippen MR) is 187 cm³/mol. The van der Waals surface area contributed by atoms with E-state index < -0.39 is 23.1 Å². The Morgan fingerprint density at radius 2 is 0.512 bits per heavy atom. The van der Waals surface area contributed by atoms with Crippen LogP contribution in [-0.4, -0.2) is 11.8 Å². The minimum absolute atomic E-state index is 0.595. The van der Waals surface area contributed by atoms with E-state index in [4.69, 9.17) is 0 Å². The second-order valence-corrected chi connectivity index (χ2v) is 19.1. The second kappa shape index (κ2) is 13.5. The molecule has 0 aliphatic rings. The van der Waals surface area contributed by atoms with Gasteiger partial charge in [0, 0.05) is 0 Å². The van der Waals surface area contributed by atoms with Crippen LogP contribution in [0.1, 0.15) is 0 Å². The lowest BCUT2D eigenvalue weighted by atomic mass is 10.4. The summed E-state index contributed by atoms with van der Waals surface area (Å²) >= 11 is 0. The van der Waals surface area contributed by atoms with Crippen molar-refractivity contribution in [3.05, 3.63) is 182 Å². The van der Waals surface area contributed by atoms with Gasteiger partial charge in [-0.25, -0.2) is 0 Å². The molecular formula is C38H34P3+. The Bertz CT molecular complexity index is 1400. The summed E-state index contributed by atoms with van der Waals surface area (Å²) in [6.07, 6.45) is 0. The molecule has 0 saturated heterocycles. The number of hydrogen-bond acceptors (Lipinski definition) is 0. The molecule has 0 saturated carbocycles. The van der Waals surface area contributed by atoms with Crippen molar-refractivity contribution < 1.29 is 0 Å². The maximum Gasteiger partial charge on any atom is 0.0999 e. The zero-order chi connectivity index (χ0) is 27.7. The predicted octanol–water partition coefficient (Wildman–Crippen LogP) is 7.84. The van der Waals surface area contributed by atoms with E-state index in [0.29, 0.717) is 0 Å². The zero-order valence-corrected chi connectivity index (χ0v) is 25.8. The molecule has 0 nitrogen and oxygen atoms in total. The zero-order valence-electron chi connectivity index (χ0n) is 23.1. The third kappa shape index (κ3) is 6.43. The van der Waals surface area contributed by atoms with Crippen molar-refractivity contribution in [2.75, 3.05) is 11.8 Å². The Morgan fingerprint density at radius 3 is 0.756 bits per heavy atom. The summed E-state index contributed by atoms with van der Waals surface area (Å²) in [5.74, 6) is 2.28. The van der Waals surface area contributed by atoms with E-state index in [2.05, 4.69) is 182 Å². The fourth-order valence-electron chi connectivity index (χ4n) is 5.49. The van der Waals surface area contributed by atoms with E-state index in [0.717, 1.165) is 11.8 Å². The van der Waals surface area contributed by atoms with Gasteiger partial charge in [0.15, 0.2) is 0 Å². The van der Waals surface area contributed by atoms with E-state index in [1.165, 1.54) is 31.8 Å². The first-order valence-corrected chi connectivity index (χ1v) is 19.3. The molecule has 0 atom stereocenters. The largest absolute Gasteiger partial charge is 0.0999 e. The second-order valence-electron chi connectivity index (χ2n) is 10.1. The molecule has 0 amide bonds. The van der Waals surface area contributed by atoms with Crippen LogP contribution >= 0.6 is 23.1 Å². The molecule has 0 unspecified atom stereocenters. The topological polar surface area (TPSA) is 0 Å². The van der Waals surface area contributed by atoms with Crippen LogP contribution in [0.5, 0.6) is 0 Å². The van der Waals surface area contributed by atoms with Gasteiger partial charge < -0.3 is 0 Å². The number of rotatable bonds is 10. The molecule has 0 fully saturated rings. The van der Waals surface area contributed by atoms with Gasteiger partial charge in [-0.15, -0.1) is 0 Å². The van der Waals surface area contributed by atoms with Crippen LogP contribution < -0.4 is 31.8 Å². The molecule has 6 rings (SSSR count). The summed E-state index contributed by atoms with van der Waals surface area (Å²) in [5, 5.41) is 8.82. The first-order valence-electron chi connectivity index (χ1n) is 14.1. The van der Waals surface area contributed by atoms with Crippen LogP contribution in [0.15, 0.2) is 182 Å². The Hall–Kier alpha value is -3.39. The monoisotopic (exact) mass is 583 g/mol. The average molecular weight is 584 g/mol. The molecule has 0 heterocycles. The average Bonchev–Trinajstić information content (AvgIpc) is 3.07. The van der Waals surface area contributed by atoms with Gasteiger partial charge in [-0.3, -0.25) is 0 Å². The van der Waals surface area contributed by atoms with Crippen molar-refractivity contribution in [3.8, 4) is 0 Å². The van der Waals surface area contributed by atoms with Gasteiger partial charge in [-0.2, -0.15) is 0 Å². The quantitative estimate of drug-likeness (QED) is 0.144. The third-order valence-electron chi connectivity index (χ3n) is 7.54. The van der Waals surface area contributed by atoms with Crippen LogP contribution in [0.4, 0.5) is 0 Å². The fraction of sp³-hybridized carbons (Fsp3) is 0.0526. The van der Waals surface area contributed by atoms with Crippen LogP contribution in [-0.2, 0) is 0 Å². The van der Waals surface area contributed by atoms with Crippen LogP contribution in [0, 0.1) is 0 Å². The van der Waals surface area contributed by atoms with Gasteiger partial charge in [0.2, 0.25) is 0 Å². The fourth-order valence-corrected chi connectivity index (χ4v) is 20.2. The summed E-state index contributed by atoms with van der Waals surface area (Å²) in [4.78, 5) is 0. The van der Waals surface area contributed by atoms with Crippen molar-refractivity contribution in [1.29, 1.82) is 0 Å². The third-order valence-corrected chi connectivity index (χ3v) is 19.9. The highest BCUT2D eigenvalue weighted by Gasteiger charge is 2.47. The maximum absolute atomic E-state index is 2.41. The molecule has 0 N–H and O–H groups in total. The molecule has 3 heteroatoms. The van der Waals surface area contributed by atoms with E-state index in [1.54, 1.807) is 0 Å². The first kappa shape index (κ1) is 27.8. The van der Waals surface area contributed by atoms with Gasteiger partial charge in [0.05, 0.1) is 29.7 Å². The highest BCUT2D eigenvalue weighted by atomic mass is 31.2. The Kier molecular flexibility index (Phi) is 9.15. The standard InChI is InChI=1S/C38H34P3/c1-7-19-33(20-8-1)39(34-21-9-2-10-22-34)31-41(37-27-15-5-16-28-37,38-29-17-6-18-30-38)32-40(35-23-11-3-12-24-35)36-25-13-4-14-26-36/h1-30H,31-32H2/q+1. The Balaban J connectivity index is 1.59. The summed E-state index contributed by atoms with van der Waals surface area (Å²) in [7, 11) is -3.11. The lowest BCUT2D eigenvalue weighted by Gasteiger charge is -2.34. The van der Waals surface area contributed by atoms with Gasteiger partial charge >= 0.3 is 0 Å². The van der Waals surface area contributed by atoms with Gasteiger partial charge in [0.25, 0.3) is 0 Å². The molecule has 200 valence electrons. The van der Waals surface area contributed by atoms with E-state index in [-0.39, 0.29) is 0 Å². The van der Waals surface area contributed by atoms with Crippen LogP contribution in [0.25, 0.3) is 0 Å². The molecule has 0 aliphatic heterocycles. The molecular weight excluding hydrogens is 549 g/mol. The first-order chi connectivity index (χ1) is 20.3. The highest BCUT2D eigenvalue weighted by Crippen LogP contribution is 2.68. The van der Waals surface area contributed by atoms with Crippen molar-refractivity contribution in [3.63, 3.8) is 0 Å². The minimum atomic E-state index is -1.92. The summed E-state index contributed by atoms with van der Waals surface area (Å²) in [6, 6.07) is 68.0. The van der Waals surface area contributed by atoms with Gasteiger partial charge in [0.1, 0.15) is 0 Å². The van der Waals surface area contributed by atoms with E-state index >= 15 is 0 Å². The normalized spacial score (nSPS) is 11.6. The van der Waals surface area contributed by atoms with Crippen LogP contribution in [0.2, 0.25) is 0 Å². The van der Waals surface area contributed by atoms with Gasteiger partial charge in [-0.1, -0.05) is 158 Å². The summed E-state index contributed by atoms with van der Waals surface area (Å²) in [5.41, 5.74) is 0. The summed E-state index contributed by atoms with van der Waals surface area (Å²) in [6.45, 7) is 0. The van der Waals surface area contributed by atoms with Crippen molar-refractivity contribution in [2.45, 2.75) is 0 Å². The van der Waals surface area contributed by atoms with E-state index in [9.17, 15) is 0 Å². The Labute approximate surface area is 248 Å². The van der Waals surface area contributed by atoms with Crippen LogP contribution in [0.3, 0.4) is 0 Å². The SMILES string of the molecule is c1ccc(P(C[P+](CP(c2ccccc2)c2ccccc2)(c2ccccc2)c2ccccc2)c2ccccc2)cc1. The summed E-state index contributed by atoms with van der Waals surface area (Å²) < 4.78 is 0. The lowest BCUT2D eigenvalue weighted by Crippen LogP contribution is -2.31. The molecule has 0 bridgehead atoms.